The lowest BCUT2D eigenvalue weighted by atomic mass is 10.1. The zero-order valence-electron chi connectivity index (χ0n) is 17.1. The van der Waals surface area contributed by atoms with Crippen LogP contribution in [0.2, 0.25) is 0 Å². The molecule has 1 amide bonds. The number of aromatic nitrogens is 2. The molecule has 6 nitrogen and oxygen atoms in total. The fourth-order valence-electron chi connectivity index (χ4n) is 3.49. The Bertz CT molecular complexity index is 1440. The van der Waals surface area contributed by atoms with E-state index < -0.39 is 23.0 Å². The number of carbonyl (C=O) groups excluding carboxylic acids is 1. The first kappa shape index (κ1) is 21.2. The molecular weight excluding hydrogens is 416 g/mol. The Balaban J connectivity index is 1.77. The van der Waals surface area contributed by atoms with E-state index in [-0.39, 0.29) is 35.5 Å². The van der Waals surface area contributed by atoms with Gasteiger partial charge in [0.15, 0.2) is 0 Å². The van der Waals surface area contributed by atoms with Crippen LogP contribution in [0.3, 0.4) is 0 Å². The van der Waals surface area contributed by atoms with Gasteiger partial charge in [0.25, 0.3) is 5.56 Å². The van der Waals surface area contributed by atoms with Crippen molar-refractivity contribution in [1.82, 2.24) is 14.5 Å². The molecule has 0 atom stereocenters. The molecule has 162 valence electrons. The van der Waals surface area contributed by atoms with Gasteiger partial charge in [0, 0.05) is 6.54 Å². The van der Waals surface area contributed by atoms with Crippen molar-refractivity contribution in [3.8, 4) is 5.69 Å². The summed E-state index contributed by atoms with van der Waals surface area (Å²) in [5.74, 6) is -1.60. The van der Waals surface area contributed by atoms with E-state index in [0.29, 0.717) is 5.56 Å². The van der Waals surface area contributed by atoms with Gasteiger partial charge in [-0.15, -0.1) is 0 Å². The molecule has 1 heterocycles. The molecule has 0 fully saturated rings. The van der Waals surface area contributed by atoms with E-state index >= 15 is 0 Å². The van der Waals surface area contributed by atoms with Gasteiger partial charge >= 0.3 is 5.69 Å². The van der Waals surface area contributed by atoms with E-state index in [0.717, 1.165) is 20.8 Å². The summed E-state index contributed by atoms with van der Waals surface area (Å²) in [6.07, 6.45) is 0. The third kappa shape index (κ3) is 4.07. The molecule has 4 aromatic rings. The SMILES string of the molecule is Cc1ccc2c(c1)c(=O)n(-c1ccccc1F)c(=O)n2CC(=O)NCc1ccc(F)cc1. The Morgan fingerprint density at radius 3 is 2.41 bits per heavy atom. The highest BCUT2D eigenvalue weighted by molar-refractivity contribution is 5.82. The summed E-state index contributed by atoms with van der Waals surface area (Å²) in [6.45, 7) is 1.54. The van der Waals surface area contributed by atoms with Gasteiger partial charge in [-0.3, -0.25) is 14.2 Å². The molecule has 8 heteroatoms. The summed E-state index contributed by atoms with van der Waals surface area (Å²) in [5.41, 5.74) is 0.0567. The van der Waals surface area contributed by atoms with Gasteiger partial charge in [-0.2, -0.15) is 0 Å². The van der Waals surface area contributed by atoms with Crippen molar-refractivity contribution in [2.75, 3.05) is 0 Å². The van der Waals surface area contributed by atoms with Crippen LogP contribution < -0.4 is 16.6 Å². The molecule has 0 aliphatic carbocycles. The average Bonchev–Trinajstić information content (AvgIpc) is 2.78. The maximum atomic E-state index is 14.4. The van der Waals surface area contributed by atoms with Crippen LogP contribution in [0.25, 0.3) is 16.6 Å². The minimum atomic E-state index is -0.826. The Kier molecular flexibility index (Phi) is 5.68. The Morgan fingerprint density at radius 1 is 0.969 bits per heavy atom. The Labute approximate surface area is 181 Å². The third-order valence-corrected chi connectivity index (χ3v) is 5.10. The zero-order valence-corrected chi connectivity index (χ0v) is 17.1. The quantitative estimate of drug-likeness (QED) is 0.524. The molecule has 3 aromatic carbocycles. The summed E-state index contributed by atoms with van der Waals surface area (Å²) in [7, 11) is 0. The van der Waals surface area contributed by atoms with Crippen LogP contribution in [0.15, 0.2) is 76.3 Å². The molecule has 1 N–H and O–H groups in total. The highest BCUT2D eigenvalue weighted by Gasteiger charge is 2.18. The minimum absolute atomic E-state index is 0.137. The summed E-state index contributed by atoms with van der Waals surface area (Å²) >= 11 is 0. The summed E-state index contributed by atoms with van der Waals surface area (Å²) in [5, 5.41) is 2.87. The van der Waals surface area contributed by atoms with E-state index in [1.807, 2.05) is 0 Å². The van der Waals surface area contributed by atoms with Crippen molar-refractivity contribution in [3.63, 3.8) is 0 Å². The smallest absolute Gasteiger partial charge is 0.336 e. The second-order valence-electron chi connectivity index (χ2n) is 7.38. The normalized spacial score (nSPS) is 11.0. The fourth-order valence-corrected chi connectivity index (χ4v) is 3.49. The second kappa shape index (κ2) is 8.58. The van der Waals surface area contributed by atoms with Crippen LogP contribution in [0.5, 0.6) is 0 Å². The Morgan fingerprint density at radius 2 is 1.69 bits per heavy atom. The lowest BCUT2D eigenvalue weighted by molar-refractivity contribution is -0.121. The average molecular weight is 435 g/mol. The van der Waals surface area contributed by atoms with Crippen LogP contribution in [0.4, 0.5) is 8.78 Å². The number of fused-ring (bicyclic) bond motifs is 1. The molecule has 0 bridgehead atoms. The molecule has 0 aliphatic rings. The van der Waals surface area contributed by atoms with E-state index in [1.165, 1.54) is 30.3 Å². The predicted octanol–water partition coefficient (Wildman–Crippen LogP) is 3.06. The number of benzene rings is 3. The van der Waals surface area contributed by atoms with Gasteiger partial charge in [0.05, 0.1) is 16.6 Å². The molecule has 0 spiro atoms. The largest absolute Gasteiger partial charge is 0.350 e. The van der Waals surface area contributed by atoms with Crippen molar-refractivity contribution in [2.45, 2.75) is 20.0 Å². The topological polar surface area (TPSA) is 73.1 Å². The number of nitrogens with zero attached hydrogens (tertiary/aromatic N) is 2. The molecule has 0 aliphatic heterocycles. The van der Waals surface area contributed by atoms with Crippen LogP contribution >= 0.6 is 0 Å². The van der Waals surface area contributed by atoms with Gasteiger partial charge in [-0.05, 0) is 48.9 Å². The lowest BCUT2D eigenvalue weighted by Gasteiger charge is -2.15. The van der Waals surface area contributed by atoms with E-state index in [9.17, 15) is 23.2 Å². The van der Waals surface area contributed by atoms with Gasteiger partial charge in [0.1, 0.15) is 18.2 Å². The third-order valence-electron chi connectivity index (χ3n) is 5.10. The molecule has 32 heavy (non-hydrogen) atoms. The molecule has 0 radical (unpaired) electrons. The van der Waals surface area contributed by atoms with Crippen LogP contribution in [0, 0.1) is 18.6 Å². The monoisotopic (exact) mass is 435 g/mol. The van der Waals surface area contributed by atoms with Gasteiger partial charge in [-0.25, -0.2) is 18.1 Å². The summed E-state index contributed by atoms with van der Waals surface area (Å²) in [6, 6.07) is 16.0. The summed E-state index contributed by atoms with van der Waals surface area (Å²) < 4.78 is 29.4. The van der Waals surface area contributed by atoms with Crippen molar-refractivity contribution in [1.29, 1.82) is 0 Å². The zero-order chi connectivity index (χ0) is 22.8. The van der Waals surface area contributed by atoms with E-state index in [1.54, 1.807) is 37.3 Å². The number of halogens is 2. The number of hydrogen-bond acceptors (Lipinski definition) is 3. The van der Waals surface area contributed by atoms with Crippen LogP contribution in [-0.4, -0.2) is 15.0 Å². The maximum Gasteiger partial charge on any atom is 0.336 e. The molecule has 1 aromatic heterocycles. The first-order valence-electron chi connectivity index (χ1n) is 9.87. The van der Waals surface area contributed by atoms with Crippen molar-refractivity contribution in [2.24, 2.45) is 0 Å². The number of aryl methyl sites for hydroxylation is 1. The number of amides is 1. The number of para-hydroxylation sites is 1. The van der Waals surface area contributed by atoms with Gasteiger partial charge < -0.3 is 5.32 Å². The highest BCUT2D eigenvalue weighted by atomic mass is 19.1. The summed E-state index contributed by atoms with van der Waals surface area (Å²) in [4.78, 5) is 38.9. The Hall–Kier alpha value is -4.07. The molecule has 0 saturated carbocycles. The number of carbonyl (C=O) groups is 1. The van der Waals surface area contributed by atoms with Crippen LogP contribution in [-0.2, 0) is 17.9 Å². The number of nitrogens with one attached hydrogen (secondary N) is 1. The number of hydrogen-bond donors (Lipinski definition) is 1. The number of rotatable bonds is 5. The predicted molar refractivity (Wildman–Crippen MR) is 117 cm³/mol. The molecular formula is C24H19F2N3O3. The standard InChI is InChI=1S/C24H19F2N3O3/c1-15-6-11-20-18(12-15)23(31)29(21-5-3-2-4-19(21)26)24(32)28(20)14-22(30)27-13-16-7-9-17(25)10-8-16/h2-12H,13-14H2,1H3,(H,27,30). The van der Waals surface area contributed by atoms with Crippen molar-refractivity contribution >= 4 is 16.8 Å². The second-order valence-corrected chi connectivity index (χ2v) is 7.38. The maximum absolute atomic E-state index is 14.4. The highest BCUT2D eigenvalue weighted by Crippen LogP contribution is 2.14. The molecule has 0 unspecified atom stereocenters. The van der Waals surface area contributed by atoms with Crippen molar-refractivity contribution in [3.05, 3.63) is 110 Å². The van der Waals surface area contributed by atoms with Gasteiger partial charge in [0.2, 0.25) is 5.91 Å². The lowest BCUT2D eigenvalue weighted by Crippen LogP contribution is -2.42. The van der Waals surface area contributed by atoms with Crippen molar-refractivity contribution < 1.29 is 13.6 Å². The molecule has 0 saturated heterocycles. The van der Waals surface area contributed by atoms with E-state index in [4.69, 9.17) is 0 Å². The first-order chi connectivity index (χ1) is 15.3. The first-order valence-corrected chi connectivity index (χ1v) is 9.87. The van der Waals surface area contributed by atoms with Gasteiger partial charge in [-0.1, -0.05) is 35.9 Å². The fraction of sp³-hybridized carbons (Fsp3) is 0.125. The van der Waals surface area contributed by atoms with Crippen LogP contribution in [0.1, 0.15) is 11.1 Å². The minimum Gasteiger partial charge on any atom is -0.350 e. The molecule has 4 rings (SSSR count). The van der Waals surface area contributed by atoms with E-state index in [2.05, 4.69) is 5.32 Å².